The molecule has 0 saturated carbocycles. The van der Waals surface area contributed by atoms with Crippen LogP contribution in [0.3, 0.4) is 0 Å². The molecule has 0 aliphatic carbocycles. The van der Waals surface area contributed by atoms with Crippen molar-refractivity contribution in [3.05, 3.63) is 97.1 Å². The lowest BCUT2D eigenvalue weighted by Gasteiger charge is -2.05. The summed E-state index contributed by atoms with van der Waals surface area (Å²) in [4.78, 5) is -0.178. The normalized spacial score (nSPS) is 10.8. The molecule has 0 radical (unpaired) electrons. The lowest BCUT2D eigenvalue weighted by atomic mass is 10.2. The smallest absolute Gasteiger partial charge is 0.364 e. The molecule has 3 rings (SSSR count). The second-order valence-corrected chi connectivity index (χ2v) is 9.43. The largest absolute Gasteiger partial charge is 0.744 e. The van der Waals surface area contributed by atoms with Gasteiger partial charge >= 0.3 is 21.2 Å². The number of rotatable bonds is 3. The molecule has 0 unspecified atom stereocenters. The highest BCUT2D eigenvalue weighted by atomic mass is 127. The lowest BCUT2D eigenvalue weighted by molar-refractivity contribution is -0.603. The second kappa shape index (κ2) is 9.20. The van der Waals surface area contributed by atoms with Crippen LogP contribution in [-0.2, 0) is 10.1 Å². The third kappa shape index (κ3) is 6.15. The predicted molar refractivity (Wildman–Crippen MR) is 89.3 cm³/mol. The summed E-state index contributed by atoms with van der Waals surface area (Å²) < 4.78 is 59.0. The highest BCUT2D eigenvalue weighted by Gasteiger charge is 2.22. The molecule has 3 aromatic carbocycles. The Hall–Kier alpha value is -1.84. The van der Waals surface area contributed by atoms with Crippen LogP contribution in [0, 0.1) is 25.7 Å². The van der Waals surface area contributed by atoms with Gasteiger partial charge < -0.3 is 4.55 Å². The first-order valence-electron chi connectivity index (χ1n) is 7.44. The van der Waals surface area contributed by atoms with Crippen LogP contribution in [0.15, 0.2) is 77.7 Å². The van der Waals surface area contributed by atoms with Crippen molar-refractivity contribution in [3.8, 4) is 0 Å². The summed E-state index contributed by atoms with van der Waals surface area (Å²) in [6.45, 7) is 1.82. The first-order chi connectivity index (χ1) is 12.3. The molecule has 0 bridgehead atoms. The van der Waals surface area contributed by atoms with Crippen LogP contribution in [0.1, 0.15) is 5.56 Å². The summed E-state index contributed by atoms with van der Waals surface area (Å²) in [6, 6.07) is 18.9. The van der Waals surface area contributed by atoms with Gasteiger partial charge in [0.25, 0.3) is 0 Å². The fourth-order valence-electron chi connectivity index (χ4n) is 1.85. The average molecular weight is 488 g/mol. The van der Waals surface area contributed by atoms with Crippen molar-refractivity contribution in [1.29, 1.82) is 0 Å². The zero-order valence-electron chi connectivity index (χ0n) is 13.7. The molecule has 0 heterocycles. The van der Waals surface area contributed by atoms with Crippen molar-refractivity contribution in [2.24, 2.45) is 0 Å². The maximum atomic E-state index is 13.3. The monoisotopic (exact) mass is 488 g/mol. The van der Waals surface area contributed by atoms with E-state index in [0.717, 1.165) is 5.56 Å². The molecule has 0 aromatic heterocycles. The van der Waals surface area contributed by atoms with Crippen molar-refractivity contribution in [1.82, 2.24) is 0 Å². The van der Waals surface area contributed by atoms with E-state index in [1.807, 2.05) is 6.92 Å². The van der Waals surface area contributed by atoms with Gasteiger partial charge in [-0.1, -0.05) is 42.0 Å². The molecule has 0 spiro atoms. The van der Waals surface area contributed by atoms with E-state index in [1.54, 1.807) is 48.5 Å². The molecule has 0 fully saturated rings. The second-order valence-electron chi connectivity index (χ2n) is 5.19. The van der Waals surface area contributed by atoms with Crippen molar-refractivity contribution in [2.75, 3.05) is 0 Å². The van der Waals surface area contributed by atoms with E-state index in [9.17, 15) is 21.8 Å². The Balaban J connectivity index is 0.000000197. The van der Waals surface area contributed by atoms with Crippen LogP contribution in [0.4, 0.5) is 8.78 Å². The number of halogens is 3. The Kier molecular flexibility index (Phi) is 7.24. The van der Waals surface area contributed by atoms with Gasteiger partial charge in [-0.05, 0) is 43.3 Å². The Morgan fingerprint density at radius 3 is 1.58 bits per heavy atom. The summed E-state index contributed by atoms with van der Waals surface area (Å²) in [5, 5.41) is 0. The molecule has 0 atom stereocenters. The van der Waals surface area contributed by atoms with E-state index in [1.165, 1.54) is 24.3 Å². The van der Waals surface area contributed by atoms with E-state index in [4.69, 9.17) is 0 Å². The maximum absolute atomic E-state index is 13.3. The molecule has 0 amide bonds. The van der Waals surface area contributed by atoms with Gasteiger partial charge in [-0.3, -0.25) is 0 Å². The van der Waals surface area contributed by atoms with Gasteiger partial charge in [-0.2, -0.15) is 0 Å². The van der Waals surface area contributed by atoms with Gasteiger partial charge in [0.15, 0.2) is 11.6 Å². The Bertz CT molecular complexity index is 931. The van der Waals surface area contributed by atoms with Gasteiger partial charge in [0.05, 0.1) is 4.90 Å². The van der Waals surface area contributed by atoms with E-state index < -0.39 is 31.3 Å². The zero-order valence-corrected chi connectivity index (χ0v) is 16.7. The fourth-order valence-corrected chi connectivity index (χ4v) is 4.59. The first kappa shape index (κ1) is 20.5. The van der Waals surface area contributed by atoms with Crippen LogP contribution >= 0.6 is 0 Å². The maximum Gasteiger partial charge on any atom is 0.364 e. The number of aryl methyl sites for hydroxylation is 1. The number of hydrogen-bond donors (Lipinski definition) is 0. The summed E-state index contributed by atoms with van der Waals surface area (Å²) in [5.74, 6) is -0.484. The van der Waals surface area contributed by atoms with Gasteiger partial charge in [0.2, 0.25) is 7.14 Å². The molecule has 0 N–H and O–H groups in total. The van der Waals surface area contributed by atoms with Gasteiger partial charge in [-0.15, -0.1) is 0 Å². The molecule has 3 aromatic rings. The summed E-state index contributed by atoms with van der Waals surface area (Å²) in [5.41, 5.74) is 0.928. The summed E-state index contributed by atoms with van der Waals surface area (Å²) >= 11 is -0.765. The molecule has 136 valence electrons. The quantitative estimate of drug-likeness (QED) is 0.409. The van der Waals surface area contributed by atoms with Crippen LogP contribution in [0.25, 0.3) is 0 Å². The topological polar surface area (TPSA) is 57.2 Å². The van der Waals surface area contributed by atoms with Crippen LogP contribution in [0.2, 0.25) is 0 Å². The molecular formula is C19H15F2IO3S. The van der Waals surface area contributed by atoms with Crippen molar-refractivity contribution in [2.45, 2.75) is 11.8 Å². The molecule has 26 heavy (non-hydrogen) atoms. The van der Waals surface area contributed by atoms with E-state index in [-0.39, 0.29) is 16.5 Å². The summed E-state index contributed by atoms with van der Waals surface area (Å²) in [6.07, 6.45) is 0. The molecular weight excluding hydrogens is 473 g/mol. The van der Waals surface area contributed by atoms with E-state index in [0.29, 0.717) is 7.14 Å². The van der Waals surface area contributed by atoms with Crippen molar-refractivity contribution in [3.63, 3.8) is 0 Å². The Labute approximate surface area is 161 Å². The Morgan fingerprint density at radius 2 is 1.19 bits per heavy atom. The van der Waals surface area contributed by atoms with Crippen LogP contribution in [-0.4, -0.2) is 13.0 Å². The minimum atomic E-state index is -4.27. The average Bonchev–Trinajstić information content (AvgIpc) is 2.59. The van der Waals surface area contributed by atoms with Crippen LogP contribution < -0.4 is 21.2 Å². The van der Waals surface area contributed by atoms with Gasteiger partial charge in [0.1, 0.15) is 10.1 Å². The molecule has 0 saturated heterocycles. The fraction of sp³-hybridized carbons (Fsp3) is 0.0526. The molecule has 3 nitrogen and oxygen atoms in total. The Morgan fingerprint density at radius 1 is 0.769 bits per heavy atom. The molecule has 0 aliphatic heterocycles. The third-order valence-electron chi connectivity index (χ3n) is 3.16. The summed E-state index contributed by atoms with van der Waals surface area (Å²) in [7, 11) is -4.27. The lowest BCUT2D eigenvalue weighted by Crippen LogP contribution is -3.62. The van der Waals surface area contributed by atoms with Crippen LogP contribution in [0.5, 0.6) is 0 Å². The SMILES string of the molecule is Cc1ccc(S(=O)(=O)[O-])cc1.Fc1ccccc1[I+]c1ccccc1F. The third-order valence-corrected chi connectivity index (χ3v) is 6.92. The standard InChI is InChI=1S/C12H8F2I.C7H8O3S/c13-9-5-1-3-7-11(9)15-12-8-4-2-6-10(12)14;1-6-2-4-7(5-3-6)11(8,9)10/h1-8H;2-5H,1H3,(H,8,9,10)/q+1;/p-1. The molecule has 0 aliphatic rings. The van der Waals surface area contributed by atoms with E-state index >= 15 is 0 Å². The van der Waals surface area contributed by atoms with E-state index in [2.05, 4.69) is 0 Å². The highest BCUT2D eigenvalue weighted by Crippen LogP contribution is 2.08. The first-order valence-corrected chi connectivity index (χ1v) is 11.0. The van der Waals surface area contributed by atoms with Gasteiger partial charge in [0, 0.05) is 0 Å². The number of hydrogen-bond acceptors (Lipinski definition) is 3. The predicted octanol–water partition coefficient (Wildman–Crippen LogP) is 0.992. The van der Waals surface area contributed by atoms with Crippen molar-refractivity contribution < 1.29 is 43.0 Å². The minimum Gasteiger partial charge on any atom is -0.744 e. The minimum absolute atomic E-state index is 0.178. The number of benzene rings is 3. The van der Waals surface area contributed by atoms with Crippen molar-refractivity contribution >= 4 is 10.1 Å². The molecule has 7 heteroatoms. The van der Waals surface area contributed by atoms with Gasteiger partial charge in [-0.25, -0.2) is 17.2 Å². The highest BCUT2D eigenvalue weighted by molar-refractivity contribution is 7.85. The zero-order chi connectivity index (χ0) is 19.2.